The van der Waals surface area contributed by atoms with Gasteiger partial charge in [0.15, 0.2) is 0 Å². The van der Waals surface area contributed by atoms with Gasteiger partial charge in [-0.25, -0.2) is 0 Å². The number of benzene rings is 7. The van der Waals surface area contributed by atoms with Crippen molar-refractivity contribution in [2.24, 2.45) is 0 Å². The van der Waals surface area contributed by atoms with Crippen LogP contribution in [-0.4, -0.2) is 4.57 Å². The third-order valence-electron chi connectivity index (χ3n) is 8.83. The van der Waals surface area contributed by atoms with Crippen molar-refractivity contribution in [3.05, 3.63) is 164 Å². The molecule has 0 saturated heterocycles. The lowest BCUT2D eigenvalue weighted by molar-refractivity contribution is 1.18. The Balaban J connectivity index is 1.19. The first-order valence-corrected chi connectivity index (χ1v) is 15.8. The molecule has 0 aliphatic carbocycles. The topological polar surface area (TPSA) is 4.93 Å². The molecule has 0 radical (unpaired) electrons. The first kappa shape index (κ1) is 25.1. The minimum atomic E-state index is 1.18. The second kappa shape index (κ2) is 10.1. The van der Waals surface area contributed by atoms with Gasteiger partial charge >= 0.3 is 0 Å². The predicted molar refractivity (Wildman–Crippen MR) is 190 cm³/mol. The molecule has 0 bridgehead atoms. The van der Waals surface area contributed by atoms with Crippen molar-refractivity contribution >= 4 is 53.3 Å². The standard InChI is InChI=1S/C42H27NS/c1-2-11-29(12-3-1)33-16-10-19-39-42(33)35-15-5-8-18-38(35)43(39)37-17-7-4-13-32(37)30-23-21-28(22-24-30)31-25-26-41-36(27-31)34-14-6-9-20-40(34)44-41/h1-27H. The number of para-hydroxylation sites is 2. The molecular weight excluding hydrogens is 551 g/mol. The van der Waals surface area contributed by atoms with Crippen LogP contribution in [0.4, 0.5) is 0 Å². The van der Waals surface area contributed by atoms with Crippen LogP contribution in [0.3, 0.4) is 0 Å². The van der Waals surface area contributed by atoms with Gasteiger partial charge in [0.25, 0.3) is 0 Å². The zero-order chi connectivity index (χ0) is 29.0. The van der Waals surface area contributed by atoms with Crippen molar-refractivity contribution in [1.29, 1.82) is 0 Å². The van der Waals surface area contributed by atoms with E-state index in [1.54, 1.807) is 0 Å². The fourth-order valence-corrected chi connectivity index (χ4v) is 7.88. The third-order valence-corrected chi connectivity index (χ3v) is 9.99. The first-order valence-electron chi connectivity index (χ1n) is 15.0. The van der Waals surface area contributed by atoms with E-state index in [2.05, 4.69) is 168 Å². The molecule has 0 N–H and O–H groups in total. The van der Waals surface area contributed by atoms with E-state index in [1.807, 2.05) is 11.3 Å². The average molecular weight is 578 g/mol. The highest BCUT2D eigenvalue weighted by Gasteiger charge is 2.18. The largest absolute Gasteiger partial charge is 0.309 e. The summed E-state index contributed by atoms with van der Waals surface area (Å²) >= 11 is 1.86. The van der Waals surface area contributed by atoms with Gasteiger partial charge in [0.2, 0.25) is 0 Å². The van der Waals surface area contributed by atoms with Gasteiger partial charge in [0.05, 0.1) is 16.7 Å². The lowest BCUT2D eigenvalue weighted by Gasteiger charge is -2.15. The predicted octanol–water partition coefficient (Wildman–Crippen LogP) is 12.2. The normalized spacial score (nSPS) is 11.6. The summed E-state index contributed by atoms with van der Waals surface area (Å²) in [6.45, 7) is 0. The second-order valence-electron chi connectivity index (χ2n) is 11.3. The first-order chi connectivity index (χ1) is 21.8. The van der Waals surface area contributed by atoms with Gasteiger partial charge in [0, 0.05) is 36.5 Å². The second-order valence-corrected chi connectivity index (χ2v) is 12.4. The summed E-state index contributed by atoms with van der Waals surface area (Å²) in [6, 6.07) is 59.6. The van der Waals surface area contributed by atoms with E-state index in [0.717, 1.165) is 0 Å². The number of aromatic nitrogens is 1. The number of fused-ring (bicyclic) bond motifs is 6. The Hall–Kier alpha value is -5.44. The van der Waals surface area contributed by atoms with Crippen LogP contribution in [0.1, 0.15) is 0 Å². The summed E-state index contributed by atoms with van der Waals surface area (Å²) < 4.78 is 5.12. The van der Waals surface area contributed by atoms with Crippen molar-refractivity contribution in [3.63, 3.8) is 0 Å². The number of nitrogens with zero attached hydrogens (tertiary/aromatic N) is 1. The monoisotopic (exact) mass is 577 g/mol. The van der Waals surface area contributed by atoms with Crippen LogP contribution < -0.4 is 0 Å². The Morgan fingerprint density at radius 3 is 1.86 bits per heavy atom. The minimum Gasteiger partial charge on any atom is -0.309 e. The summed E-state index contributed by atoms with van der Waals surface area (Å²) in [5.74, 6) is 0. The highest BCUT2D eigenvalue weighted by Crippen LogP contribution is 2.41. The minimum absolute atomic E-state index is 1.18. The summed E-state index contributed by atoms with van der Waals surface area (Å²) in [6.07, 6.45) is 0. The SMILES string of the molecule is c1ccc(-c2cccc3c2c2ccccc2n3-c2ccccc2-c2ccc(-c3ccc4sc5ccccc5c4c3)cc2)cc1. The van der Waals surface area contributed by atoms with Crippen molar-refractivity contribution in [2.45, 2.75) is 0 Å². The van der Waals surface area contributed by atoms with Gasteiger partial charge in [-0.15, -0.1) is 11.3 Å². The van der Waals surface area contributed by atoms with Gasteiger partial charge in [-0.2, -0.15) is 0 Å². The molecule has 0 saturated carbocycles. The summed E-state index contributed by atoms with van der Waals surface area (Å²) in [7, 11) is 0. The Morgan fingerprint density at radius 2 is 0.977 bits per heavy atom. The molecule has 0 atom stereocenters. The van der Waals surface area contributed by atoms with E-state index >= 15 is 0 Å². The highest BCUT2D eigenvalue weighted by atomic mass is 32.1. The van der Waals surface area contributed by atoms with Gasteiger partial charge in [-0.05, 0) is 64.2 Å². The molecule has 2 heteroatoms. The van der Waals surface area contributed by atoms with Crippen molar-refractivity contribution in [2.75, 3.05) is 0 Å². The van der Waals surface area contributed by atoms with Crippen LogP contribution in [0.25, 0.3) is 81.0 Å². The van der Waals surface area contributed by atoms with E-state index in [1.165, 1.54) is 81.0 Å². The highest BCUT2D eigenvalue weighted by molar-refractivity contribution is 7.25. The van der Waals surface area contributed by atoms with Crippen LogP contribution in [0.2, 0.25) is 0 Å². The Morgan fingerprint density at radius 1 is 0.364 bits per heavy atom. The van der Waals surface area contributed by atoms with Crippen LogP contribution in [0.5, 0.6) is 0 Å². The molecule has 1 nitrogen and oxygen atoms in total. The molecular formula is C42H27NS. The van der Waals surface area contributed by atoms with Gasteiger partial charge in [-0.1, -0.05) is 127 Å². The zero-order valence-electron chi connectivity index (χ0n) is 23.9. The summed E-state index contributed by atoms with van der Waals surface area (Å²) in [5, 5.41) is 5.22. The number of thiophene rings is 1. The molecule has 0 fully saturated rings. The van der Waals surface area contributed by atoms with E-state index in [9.17, 15) is 0 Å². The van der Waals surface area contributed by atoms with Crippen LogP contribution in [0, 0.1) is 0 Å². The third kappa shape index (κ3) is 3.92. The lowest BCUT2D eigenvalue weighted by Crippen LogP contribution is -1.97. The van der Waals surface area contributed by atoms with Gasteiger partial charge in [0.1, 0.15) is 0 Å². The molecule has 9 aromatic rings. The molecule has 206 valence electrons. The maximum Gasteiger partial charge on any atom is 0.0547 e. The Kier molecular flexibility index (Phi) is 5.75. The average Bonchev–Trinajstić information content (AvgIpc) is 3.64. The van der Waals surface area contributed by atoms with Crippen LogP contribution >= 0.6 is 11.3 Å². The summed E-state index contributed by atoms with van der Waals surface area (Å²) in [5.41, 5.74) is 11.0. The summed E-state index contributed by atoms with van der Waals surface area (Å²) in [4.78, 5) is 0. The van der Waals surface area contributed by atoms with Crippen molar-refractivity contribution in [3.8, 4) is 39.1 Å². The van der Waals surface area contributed by atoms with Crippen LogP contribution in [0.15, 0.2) is 164 Å². The maximum atomic E-state index is 2.44. The van der Waals surface area contributed by atoms with Gasteiger partial charge < -0.3 is 4.57 Å². The van der Waals surface area contributed by atoms with Crippen molar-refractivity contribution < 1.29 is 0 Å². The van der Waals surface area contributed by atoms with E-state index in [0.29, 0.717) is 0 Å². The fourth-order valence-electron chi connectivity index (χ4n) is 6.80. The van der Waals surface area contributed by atoms with Crippen molar-refractivity contribution in [1.82, 2.24) is 4.57 Å². The maximum absolute atomic E-state index is 2.44. The molecule has 0 aliphatic heterocycles. The molecule has 2 aromatic heterocycles. The molecule has 2 heterocycles. The number of hydrogen-bond acceptors (Lipinski definition) is 1. The molecule has 0 unspecified atom stereocenters. The van der Waals surface area contributed by atoms with Gasteiger partial charge in [-0.3, -0.25) is 0 Å². The molecule has 0 spiro atoms. The smallest absolute Gasteiger partial charge is 0.0547 e. The number of hydrogen-bond donors (Lipinski definition) is 0. The Bertz CT molecular complexity index is 2480. The molecule has 44 heavy (non-hydrogen) atoms. The van der Waals surface area contributed by atoms with E-state index < -0.39 is 0 Å². The van der Waals surface area contributed by atoms with E-state index in [4.69, 9.17) is 0 Å². The van der Waals surface area contributed by atoms with E-state index in [-0.39, 0.29) is 0 Å². The molecule has 7 aromatic carbocycles. The quantitative estimate of drug-likeness (QED) is 0.196. The van der Waals surface area contributed by atoms with Crippen LogP contribution in [-0.2, 0) is 0 Å². The molecule has 0 amide bonds. The molecule has 9 rings (SSSR count). The number of rotatable bonds is 4. The zero-order valence-corrected chi connectivity index (χ0v) is 24.8. The fraction of sp³-hybridized carbons (Fsp3) is 0. The lowest BCUT2D eigenvalue weighted by atomic mass is 9.98. The Labute approximate surface area is 259 Å². The molecule has 0 aliphatic rings.